The first kappa shape index (κ1) is 26.8. The molecule has 28 heavy (non-hydrogen) atoms. The van der Waals surface area contributed by atoms with Gasteiger partial charge in [-0.15, -0.1) is 0 Å². The van der Waals surface area contributed by atoms with E-state index in [0.717, 1.165) is 51.4 Å². The monoisotopic (exact) mass is 424 g/mol. The van der Waals surface area contributed by atoms with E-state index in [-0.39, 0.29) is 19.4 Å². The highest BCUT2D eigenvalue weighted by molar-refractivity contribution is 7.80. The molecule has 1 N–H and O–H groups in total. The molecule has 0 aromatic carbocycles. The molecular weight excluding hydrogens is 388 g/mol. The highest BCUT2D eigenvalue weighted by atomic mass is 32.3. The van der Waals surface area contributed by atoms with Gasteiger partial charge in [-0.05, 0) is 12.8 Å². The molecule has 1 atom stereocenters. The topological polar surface area (TPSA) is 116 Å². The summed E-state index contributed by atoms with van der Waals surface area (Å²) in [6, 6.07) is 0. The molecule has 0 bridgehead atoms. The SMILES string of the molecule is CCCCCCCC(=O)OCC(COS(=O)(=O)O)OC(=O)CCCCCCC. The molecule has 0 amide bonds. The minimum absolute atomic E-state index is 0.192. The van der Waals surface area contributed by atoms with E-state index in [1.54, 1.807) is 0 Å². The number of rotatable bonds is 18. The van der Waals surface area contributed by atoms with Gasteiger partial charge >= 0.3 is 22.3 Å². The third-order valence-corrected chi connectivity index (χ3v) is 4.53. The Balaban J connectivity index is 4.28. The lowest BCUT2D eigenvalue weighted by atomic mass is 10.1. The highest BCUT2D eigenvalue weighted by Crippen LogP contribution is 2.09. The van der Waals surface area contributed by atoms with Crippen molar-refractivity contribution in [1.29, 1.82) is 0 Å². The van der Waals surface area contributed by atoms with Gasteiger partial charge in [0.15, 0.2) is 6.10 Å². The summed E-state index contributed by atoms with van der Waals surface area (Å²) in [5.41, 5.74) is 0. The van der Waals surface area contributed by atoms with Crippen LogP contribution in [0.1, 0.15) is 90.9 Å². The third-order valence-electron chi connectivity index (χ3n) is 4.10. The zero-order valence-electron chi connectivity index (χ0n) is 17.2. The molecule has 0 aliphatic rings. The van der Waals surface area contributed by atoms with E-state index >= 15 is 0 Å². The van der Waals surface area contributed by atoms with Crippen LogP contribution < -0.4 is 0 Å². The Bertz CT molecular complexity index is 518. The Morgan fingerprint density at radius 1 is 0.786 bits per heavy atom. The minimum Gasteiger partial charge on any atom is -0.462 e. The van der Waals surface area contributed by atoms with E-state index in [2.05, 4.69) is 18.0 Å². The molecule has 0 aliphatic heterocycles. The van der Waals surface area contributed by atoms with E-state index < -0.39 is 35.0 Å². The smallest absolute Gasteiger partial charge is 0.397 e. The Labute approximate surface area is 169 Å². The molecule has 0 heterocycles. The number of hydrogen-bond donors (Lipinski definition) is 1. The Morgan fingerprint density at radius 2 is 1.29 bits per heavy atom. The predicted octanol–water partition coefficient (Wildman–Crippen LogP) is 3.98. The summed E-state index contributed by atoms with van der Waals surface area (Å²) < 4.78 is 44.7. The van der Waals surface area contributed by atoms with Gasteiger partial charge in [-0.1, -0.05) is 65.2 Å². The first-order valence-electron chi connectivity index (χ1n) is 10.2. The normalized spacial score (nSPS) is 12.5. The largest absolute Gasteiger partial charge is 0.462 e. The first-order chi connectivity index (χ1) is 13.3. The lowest BCUT2D eigenvalue weighted by Crippen LogP contribution is -2.30. The van der Waals surface area contributed by atoms with Crippen LogP contribution in [-0.4, -0.2) is 44.2 Å². The van der Waals surface area contributed by atoms with Crippen molar-refractivity contribution in [2.75, 3.05) is 13.2 Å². The van der Waals surface area contributed by atoms with Crippen LogP contribution in [0, 0.1) is 0 Å². The summed E-state index contributed by atoms with van der Waals surface area (Å²) in [5.74, 6) is -0.958. The molecule has 0 aliphatic carbocycles. The van der Waals surface area contributed by atoms with Gasteiger partial charge in [0.25, 0.3) is 0 Å². The number of hydrogen-bond acceptors (Lipinski definition) is 7. The lowest BCUT2D eigenvalue weighted by Gasteiger charge is -2.17. The van der Waals surface area contributed by atoms with Crippen molar-refractivity contribution in [2.45, 2.75) is 97.0 Å². The molecule has 0 aromatic rings. The molecule has 0 spiro atoms. The second-order valence-corrected chi connectivity index (χ2v) is 7.93. The Hall–Kier alpha value is -1.19. The van der Waals surface area contributed by atoms with E-state index in [4.69, 9.17) is 14.0 Å². The van der Waals surface area contributed by atoms with Crippen molar-refractivity contribution >= 4 is 22.3 Å². The van der Waals surface area contributed by atoms with Gasteiger partial charge in [0.1, 0.15) is 13.2 Å². The van der Waals surface area contributed by atoms with Gasteiger partial charge < -0.3 is 9.47 Å². The van der Waals surface area contributed by atoms with Crippen molar-refractivity contribution in [2.24, 2.45) is 0 Å². The van der Waals surface area contributed by atoms with Crippen molar-refractivity contribution in [3.05, 3.63) is 0 Å². The Kier molecular flexibility index (Phi) is 16.0. The average Bonchev–Trinajstić information content (AvgIpc) is 2.63. The number of carbonyl (C=O) groups is 2. The fourth-order valence-corrected chi connectivity index (χ4v) is 2.85. The van der Waals surface area contributed by atoms with E-state index in [0.29, 0.717) is 12.8 Å². The van der Waals surface area contributed by atoms with E-state index in [9.17, 15) is 18.0 Å². The van der Waals surface area contributed by atoms with Gasteiger partial charge in [0.2, 0.25) is 0 Å². The van der Waals surface area contributed by atoms with Crippen LogP contribution in [0.2, 0.25) is 0 Å². The van der Waals surface area contributed by atoms with Crippen molar-refractivity contribution in [3.63, 3.8) is 0 Å². The Morgan fingerprint density at radius 3 is 1.79 bits per heavy atom. The molecule has 1 unspecified atom stereocenters. The van der Waals surface area contributed by atoms with Crippen LogP contribution in [0.4, 0.5) is 0 Å². The lowest BCUT2D eigenvalue weighted by molar-refractivity contribution is -0.161. The molecule has 0 rings (SSSR count). The molecule has 166 valence electrons. The second kappa shape index (κ2) is 16.7. The van der Waals surface area contributed by atoms with Crippen LogP contribution in [-0.2, 0) is 33.6 Å². The van der Waals surface area contributed by atoms with Crippen LogP contribution >= 0.6 is 0 Å². The van der Waals surface area contributed by atoms with Crippen LogP contribution in [0.25, 0.3) is 0 Å². The summed E-state index contributed by atoms with van der Waals surface area (Å²) in [5, 5.41) is 0. The molecule has 0 fully saturated rings. The van der Waals surface area contributed by atoms with Crippen LogP contribution in [0.15, 0.2) is 0 Å². The molecule has 0 saturated carbocycles. The van der Waals surface area contributed by atoms with E-state index in [1.807, 2.05) is 0 Å². The van der Waals surface area contributed by atoms with Gasteiger partial charge in [0, 0.05) is 12.8 Å². The van der Waals surface area contributed by atoms with Gasteiger partial charge in [0.05, 0.1) is 0 Å². The maximum atomic E-state index is 11.9. The van der Waals surface area contributed by atoms with Gasteiger partial charge in [-0.25, -0.2) is 4.18 Å². The number of unbranched alkanes of at least 4 members (excludes halogenated alkanes) is 8. The van der Waals surface area contributed by atoms with Gasteiger partial charge in [-0.2, -0.15) is 8.42 Å². The number of ether oxygens (including phenoxy) is 2. The molecule has 0 radical (unpaired) electrons. The summed E-state index contributed by atoms with van der Waals surface area (Å²) in [4.78, 5) is 23.7. The third kappa shape index (κ3) is 18.2. The van der Waals surface area contributed by atoms with Crippen LogP contribution in [0.3, 0.4) is 0 Å². The second-order valence-electron chi connectivity index (χ2n) is 6.84. The zero-order chi connectivity index (χ0) is 21.3. The summed E-state index contributed by atoms with van der Waals surface area (Å²) in [7, 11) is -4.68. The van der Waals surface area contributed by atoms with Crippen molar-refractivity contribution < 1.29 is 36.2 Å². The summed E-state index contributed by atoms with van der Waals surface area (Å²) >= 11 is 0. The van der Waals surface area contributed by atoms with Crippen molar-refractivity contribution in [3.8, 4) is 0 Å². The standard InChI is InChI=1S/C19H36O8S/c1-3-5-7-9-11-13-18(20)25-15-17(16-26-28(22,23)24)27-19(21)14-12-10-8-6-4-2/h17H,3-16H2,1-2H3,(H,22,23,24). The minimum atomic E-state index is -4.68. The molecule has 9 heteroatoms. The highest BCUT2D eigenvalue weighted by Gasteiger charge is 2.20. The summed E-state index contributed by atoms with van der Waals surface area (Å²) in [6.45, 7) is 3.28. The maximum Gasteiger partial charge on any atom is 0.397 e. The first-order valence-corrected chi connectivity index (χ1v) is 11.6. The number of esters is 2. The number of carbonyl (C=O) groups excluding carboxylic acids is 2. The zero-order valence-corrected chi connectivity index (χ0v) is 18.0. The van der Waals surface area contributed by atoms with Crippen LogP contribution in [0.5, 0.6) is 0 Å². The fourth-order valence-electron chi connectivity index (χ4n) is 2.53. The van der Waals surface area contributed by atoms with Gasteiger partial charge in [-0.3, -0.25) is 14.1 Å². The predicted molar refractivity (Wildman–Crippen MR) is 105 cm³/mol. The summed E-state index contributed by atoms with van der Waals surface area (Å²) in [6.07, 6.45) is 9.12. The van der Waals surface area contributed by atoms with Crippen molar-refractivity contribution in [1.82, 2.24) is 0 Å². The molecule has 0 saturated heterocycles. The average molecular weight is 425 g/mol. The maximum absolute atomic E-state index is 11.9. The molecular formula is C19H36O8S. The fraction of sp³-hybridized carbons (Fsp3) is 0.895. The molecule has 8 nitrogen and oxygen atoms in total. The van der Waals surface area contributed by atoms with E-state index in [1.165, 1.54) is 0 Å². The molecule has 0 aromatic heterocycles. The quantitative estimate of drug-likeness (QED) is 0.199.